The van der Waals surface area contributed by atoms with Crippen LogP contribution in [0.4, 0.5) is 0 Å². The molecule has 1 N–H and O–H groups in total. The van der Waals surface area contributed by atoms with Gasteiger partial charge in [0.15, 0.2) is 0 Å². The Hall–Kier alpha value is -0.880. The van der Waals surface area contributed by atoms with Crippen LogP contribution in [0.5, 0.6) is 0 Å². The highest BCUT2D eigenvalue weighted by Gasteiger charge is 2.21. The van der Waals surface area contributed by atoms with E-state index < -0.39 is 10.0 Å². The molecule has 0 amide bonds. The topological polar surface area (TPSA) is 64.0 Å². The average Bonchev–Trinajstić information content (AvgIpc) is 2.81. The molecule has 20 heavy (non-hydrogen) atoms. The Morgan fingerprint density at radius 2 is 2.05 bits per heavy atom. The van der Waals surface area contributed by atoms with Crippen molar-refractivity contribution in [2.45, 2.75) is 64.8 Å². The lowest BCUT2D eigenvalue weighted by Crippen LogP contribution is -2.29. The Kier molecular flexibility index (Phi) is 6.68. The van der Waals surface area contributed by atoms with Gasteiger partial charge >= 0.3 is 0 Å². The van der Waals surface area contributed by atoms with Crippen LogP contribution in [0.15, 0.2) is 11.1 Å². The van der Waals surface area contributed by atoms with Gasteiger partial charge < -0.3 is 0 Å². The van der Waals surface area contributed by atoms with Crippen LogP contribution in [0.2, 0.25) is 0 Å². The first kappa shape index (κ1) is 17.2. The lowest BCUT2D eigenvalue weighted by molar-refractivity contribution is 0.443. The molecule has 0 aliphatic rings. The quantitative estimate of drug-likeness (QED) is 0.762. The molecule has 0 saturated carbocycles. The van der Waals surface area contributed by atoms with E-state index in [1.165, 1.54) is 0 Å². The third kappa shape index (κ3) is 4.59. The van der Waals surface area contributed by atoms with Gasteiger partial charge in [-0.3, -0.25) is 4.68 Å². The molecule has 1 rings (SSSR count). The number of hydrogen-bond donors (Lipinski definition) is 1. The lowest BCUT2D eigenvalue weighted by Gasteiger charge is -2.15. The molecule has 1 atom stereocenters. The van der Waals surface area contributed by atoms with Crippen LogP contribution in [0.3, 0.4) is 0 Å². The Balaban J connectivity index is 2.71. The normalized spacial score (nSPS) is 13.6. The summed E-state index contributed by atoms with van der Waals surface area (Å²) in [7, 11) is -3.44. The van der Waals surface area contributed by atoms with Crippen LogP contribution in [-0.2, 0) is 16.6 Å². The van der Waals surface area contributed by atoms with Crippen molar-refractivity contribution in [3.8, 4) is 0 Å². The van der Waals surface area contributed by atoms with E-state index in [0.717, 1.165) is 25.7 Å². The fourth-order valence-electron chi connectivity index (χ4n) is 2.17. The molecule has 1 aromatic rings. The summed E-state index contributed by atoms with van der Waals surface area (Å²) in [6, 6.07) is 0. The number of rotatable bonds is 9. The van der Waals surface area contributed by atoms with E-state index in [-0.39, 0.29) is 0 Å². The van der Waals surface area contributed by atoms with E-state index in [9.17, 15) is 8.42 Å². The predicted molar refractivity (Wildman–Crippen MR) is 81.1 cm³/mol. The van der Waals surface area contributed by atoms with Gasteiger partial charge in [-0.15, -0.1) is 0 Å². The molecule has 0 saturated heterocycles. The minimum absolute atomic E-state index is 0.296. The zero-order valence-electron chi connectivity index (χ0n) is 13.0. The first-order valence-electron chi connectivity index (χ1n) is 7.48. The zero-order valence-corrected chi connectivity index (χ0v) is 13.8. The van der Waals surface area contributed by atoms with Crippen LogP contribution in [0.1, 0.15) is 52.1 Å². The molecule has 5 nitrogen and oxygen atoms in total. The largest absolute Gasteiger partial charge is 0.271 e. The van der Waals surface area contributed by atoms with Gasteiger partial charge in [-0.1, -0.05) is 33.1 Å². The van der Waals surface area contributed by atoms with Crippen LogP contribution < -0.4 is 4.72 Å². The first-order chi connectivity index (χ1) is 9.44. The average molecular weight is 301 g/mol. The van der Waals surface area contributed by atoms with E-state index in [1.54, 1.807) is 17.8 Å². The van der Waals surface area contributed by atoms with Gasteiger partial charge in [-0.2, -0.15) is 5.10 Å². The number of sulfonamides is 1. The summed E-state index contributed by atoms with van der Waals surface area (Å²) in [6.45, 7) is 9.11. The van der Waals surface area contributed by atoms with Crippen LogP contribution >= 0.6 is 0 Å². The van der Waals surface area contributed by atoms with Crippen LogP contribution in [0.25, 0.3) is 0 Å². The second-order valence-electron chi connectivity index (χ2n) is 5.20. The highest BCUT2D eigenvalue weighted by Crippen LogP contribution is 2.16. The predicted octanol–water partition coefficient (Wildman–Crippen LogP) is 2.71. The number of aromatic nitrogens is 2. The maximum Gasteiger partial charge on any atom is 0.243 e. The summed E-state index contributed by atoms with van der Waals surface area (Å²) >= 11 is 0. The van der Waals surface area contributed by atoms with Crippen molar-refractivity contribution in [1.29, 1.82) is 0 Å². The maximum absolute atomic E-state index is 12.3. The van der Waals surface area contributed by atoms with Crippen molar-refractivity contribution in [3.63, 3.8) is 0 Å². The van der Waals surface area contributed by atoms with E-state index in [2.05, 4.69) is 23.7 Å². The highest BCUT2D eigenvalue weighted by atomic mass is 32.2. The Bertz CT molecular complexity index is 508. The molecule has 0 radical (unpaired) electrons. The van der Waals surface area contributed by atoms with Gasteiger partial charge in [0.05, 0.1) is 5.69 Å². The SMILES string of the molecule is CCCCC(CC)CNS(=O)(=O)c1cn(CC)nc1C. The molecule has 0 aliphatic heterocycles. The Morgan fingerprint density at radius 1 is 1.35 bits per heavy atom. The van der Waals surface area contributed by atoms with E-state index >= 15 is 0 Å². The molecule has 6 heteroatoms. The summed E-state index contributed by atoms with van der Waals surface area (Å²) in [5.74, 6) is 0.409. The van der Waals surface area contributed by atoms with E-state index in [4.69, 9.17) is 0 Å². The van der Waals surface area contributed by atoms with Crippen LogP contribution in [0, 0.1) is 12.8 Å². The van der Waals surface area contributed by atoms with E-state index in [1.807, 2.05) is 6.92 Å². The number of aryl methyl sites for hydroxylation is 2. The summed E-state index contributed by atoms with van der Waals surface area (Å²) < 4.78 is 29.0. The number of nitrogens with zero attached hydrogens (tertiary/aromatic N) is 2. The number of hydrogen-bond acceptors (Lipinski definition) is 3. The Morgan fingerprint density at radius 3 is 2.55 bits per heavy atom. The summed E-state index contributed by atoms with van der Waals surface area (Å²) in [5, 5.41) is 4.19. The maximum atomic E-state index is 12.3. The second kappa shape index (κ2) is 7.78. The van der Waals surface area contributed by atoms with Gasteiger partial charge in [0.1, 0.15) is 4.90 Å². The Labute approximate surface area is 122 Å². The van der Waals surface area contributed by atoms with Gasteiger partial charge in [0.25, 0.3) is 0 Å². The van der Waals surface area contributed by atoms with Gasteiger partial charge in [0, 0.05) is 19.3 Å². The lowest BCUT2D eigenvalue weighted by atomic mass is 10.00. The molecule has 0 spiro atoms. The molecule has 0 bridgehead atoms. The molecule has 116 valence electrons. The number of unbranched alkanes of at least 4 members (excludes halogenated alkanes) is 1. The minimum Gasteiger partial charge on any atom is -0.271 e. The molecule has 0 aromatic carbocycles. The zero-order chi connectivity index (χ0) is 15.2. The standard InChI is InChI=1S/C14H27N3O2S/c1-5-8-9-13(6-2)10-15-20(18,19)14-11-17(7-3)16-12(14)4/h11,13,15H,5-10H2,1-4H3. The fraction of sp³-hybridized carbons (Fsp3) is 0.786. The van der Waals surface area contributed by atoms with Crippen molar-refractivity contribution in [1.82, 2.24) is 14.5 Å². The summed E-state index contributed by atoms with van der Waals surface area (Å²) in [6.07, 6.45) is 5.96. The molecule has 1 unspecified atom stereocenters. The molecular weight excluding hydrogens is 274 g/mol. The second-order valence-corrected chi connectivity index (χ2v) is 6.94. The van der Waals surface area contributed by atoms with Gasteiger partial charge in [-0.05, 0) is 26.2 Å². The molecular formula is C14H27N3O2S. The highest BCUT2D eigenvalue weighted by molar-refractivity contribution is 7.89. The van der Waals surface area contributed by atoms with Crippen molar-refractivity contribution < 1.29 is 8.42 Å². The van der Waals surface area contributed by atoms with Crippen molar-refractivity contribution in [2.75, 3.05) is 6.54 Å². The minimum atomic E-state index is -3.44. The fourth-order valence-corrected chi connectivity index (χ4v) is 3.47. The van der Waals surface area contributed by atoms with Crippen molar-refractivity contribution in [3.05, 3.63) is 11.9 Å². The first-order valence-corrected chi connectivity index (χ1v) is 8.96. The summed E-state index contributed by atoms with van der Waals surface area (Å²) in [4.78, 5) is 0.296. The van der Waals surface area contributed by atoms with Crippen molar-refractivity contribution >= 4 is 10.0 Å². The van der Waals surface area contributed by atoms with Crippen LogP contribution in [-0.4, -0.2) is 24.7 Å². The van der Waals surface area contributed by atoms with Gasteiger partial charge in [0.2, 0.25) is 10.0 Å². The number of nitrogens with one attached hydrogen (secondary N) is 1. The molecule has 0 aliphatic carbocycles. The van der Waals surface area contributed by atoms with Crippen molar-refractivity contribution in [2.24, 2.45) is 5.92 Å². The molecule has 0 fully saturated rings. The monoisotopic (exact) mass is 301 g/mol. The molecule has 1 heterocycles. The summed E-state index contributed by atoms with van der Waals surface area (Å²) in [5.41, 5.74) is 0.556. The van der Waals surface area contributed by atoms with Gasteiger partial charge in [-0.25, -0.2) is 13.1 Å². The third-order valence-electron chi connectivity index (χ3n) is 3.62. The van der Waals surface area contributed by atoms with E-state index in [0.29, 0.717) is 29.6 Å². The molecule has 1 aromatic heterocycles. The third-order valence-corrected chi connectivity index (χ3v) is 5.15. The smallest absolute Gasteiger partial charge is 0.243 e.